The number of para-hydroxylation sites is 2. The number of carbonyl (C=O) groups is 1. The molecular weight excluding hydrogens is 320 g/mol. The van der Waals surface area contributed by atoms with Crippen molar-refractivity contribution >= 4 is 33.2 Å². The number of halogens is 1. The van der Waals surface area contributed by atoms with Gasteiger partial charge in [0.05, 0.1) is 11.4 Å². The molecule has 1 amide bonds. The summed E-state index contributed by atoms with van der Waals surface area (Å²) in [7, 11) is 0. The molecule has 2 rings (SSSR count). The van der Waals surface area contributed by atoms with E-state index in [9.17, 15) is 4.79 Å². The van der Waals surface area contributed by atoms with E-state index in [1.165, 1.54) is 0 Å². The molecule has 3 N–H and O–H groups in total. The molecule has 20 heavy (non-hydrogen) atoms. The van der Waals surface area contributed by atoms with Crippen LogP contribution in [0.1, 0.15) is 5.56 Å². The van der Waals surface area contributed by atoms with Gasteiger partial charge in [0, 0.05) is 4.47 Å². The molecule has 0 unspecified atom stereocenters. The van der Waals surface area contributed by atoms with Gasteiger partial charge in [0.2, 0.25) is 0 Å². The van der Waals surface area contributed by atoms with Crippen LogP contribution in [0.3, 0.4) is 0 Å². The van der Waals surface area contributed by atoms with Gasteiger partial charge in [-0.05, 0) is 46.6 Å². The fourth-order valence-corrected chi connectivity index (χ4v) is 2.14. The van der Waals surface area contributed by atoms with Gasteiger partial charge < -0.3 is 15.8 Å². The van der Waals surface area contributed by atoms with Gasteiger partial charge in [-0.3, -0.25) is 4.79 Å². The maximum Gasteiger partial charge on any atom is 0.262 e. The van der Waals surface area contributed by atoms with Crippen molar-refractivity contribution in [1.29, 1.82) is 0 Å². The predicted octanol–water partition coefficient (Wildman–Crippen LogP) is 3.36. The SMILES string of the molecule is Cc1cccc(N)c1OCC(=O)Nc1ccccc1Br. The Labute approximate surface area is 126 Å². The van der Waals surface area contributed by atoms with Gasteiger partial charge in [0.15, 0.2) is 6.61 Å². The zero-order valence-electron chi connectivity index (χ0n) is 11.0. The van der Waals surface area contributed by atoms with Crippen molar-refractivity contribution in [3.05, 3.63) is 52.5 Å². The molecule has 0 aliphatic carbocycles. The number of hydrogen-bond acceptors (Lipinski definition) is 3. The lowest BCUT2D eigenvalue weighted by atomic mass is 10.2. The fourth-order valence-electron chi connectivity index (χ4n) is 1.76. The molecule has 5 heteroatoms. The van der Waals surface area contributed by atoms with Crippen LogP contribution in [0.25, 0.3) is 0 Å². The summed E-state index contributed by atoms with van der Waals surface area (Å²) in [6.07, 6.45) is 0. The first kappa shape index (κ1) is 14.4. The summed E-state index contributed by atoms with van der Waals surface area (Å²) in [6, 6.07) is 12.9. The summed E-state index contributed by atoms with van der Waals surface area (Å²) < 4.78 is 6.31. The predicted molar refractivity (Wildman–Crippen MR) is 83.9 cm³/mol. The number of amides is 1. The normalized spacial score (nSPS) is 10.1. The van der Waals surface area contributed by atoms with E-state index in [1.807, 2.05) is 43.3 Å². The minimum Gasteiger partial charge on any atom is -0.481 e. The smallest absolute Gasteiger partial charge is 0.262 e. The van der Waals surface area contributed by atoms with Crippen LogP contribution < -0.4 is 15.8 Å². The Hall–Kier alpha value is -2.01. The average molecular weight is 335 g/mol. The molecule has 0 aliphatic heterocycles. The first-order chi connectivity index (χ1) is 9.58. The third kappa shape index (κ3) is 3.51. The molecule has 4 nitrogen and oxygen atoms in total. The van der Waals surface area contributed by atoms with Crippen molar-refractivity contribution < 1.29 is 9.53 Å². The monoisotopic (exact) mass is 334 g/mol. The van der Waals surface area contributed by atoms with Crippen LogP contribution in [-0.4, -0.2) is 12.5 Å². The zero-order chi connectivity index (χ0) is 14.5. The summed E-state index contributed by atoms with van der Waals surface area (Å²) in [4.78, 5) is 11.9. The molecule has 0 aliphatic rings. The fraction of sp³-hybridized carbons (Fsp3) is 0.133. The molecule has 0 fully saturated rings. The van der Waals surface area contributed by atoms with Crippen molar-refractivity contribution in [3.8, 4) is 5.75 Å². The lowest BCUT2D eigenvalue weighted by molar-refractivity contribution is -0.118. The molecule has 0 saturated carbocycles. The van der Waals surface area contributed by atoms with E-state index in [2.05, 4.69) is 21.2 Å². The molecule has 0 heterocycles. The largest absolute Gasteiger partial charge is 0.481 e. The second-order valence-corrected chi connectivity index (χ2v) is 5.16. The number of carbonyl (C=O) groups excluding carboxylic acids is 1. The number of anilines is 2. The first-order valence-electron chi connectivity index (χ1n) is 6.10. The number of rotatable bonds is 4. The van der Waals surface area contributed by atoms with Crippen molar-refractivity contribution in [2.45, 2.75) is 6.92 Å². The van der Waals surface area contributed by atoms with E-state index < -0.39 is 0 Å². The molecule has 104 valence electrons. The van der Waals surface area contributed by atoms with Gasteiger partial charge >= 0.3 is 0 Å². The Morgan fingerprint density at radius 3 is 2.70 bits per heavy atom. The molecule has 2 aromatic rings. The van der Waals surface area contributed by atoms with Crippen molar-refractivity contribution in [2.75, 3.05) is 17.7 Å². The van der Waals surface area contributed by atoms with Crippen LogP contribution >= 0.6 is 15.9 Å². The van der Waals surface area contributed by atoms with E-state index in [1.54, 1.807) is 6.07 Å². The molecule has 0 radical (unpaired) electrons. The molecule has 0 bridgehead atoms. The third-order valence-corrected chi connectivity index (χ3v) is 3.43. The Bertz CT molecular complexity index is 609. The van der Waals surface area contributed by atoms with E-state index in [0.29, 0.717) is 17.1 Å². The van der Waals surface area contributed by atoms with Crippen molar-refractivity contribution in [3.63, 3.8) is 0 Å². The van der Waals surface area contributed by atoms with Crippen LogP contribution in [0.15, 0.2) is 46.9 Å². The maximum absolute atomic E-state index is 11.9. The Morgan fingerprint density at radius 2 is 2.00 bits per heavy atom. The molecule has 2 aromatic carbocycles. The molecule has 0 saturated heterocycles. The van der Waals surface area contributed by atoms with Gasteiger partial charge in [0.25, 0.3) is 5.91 Å². The van der Waals surface area contributed by atoms with Gasteiger partial charge in [-0.25, -0.2) is 0 Å². The number of nitrogens with one attached hydrogen (secondary N) is 1. The summed E-state index contributed by atoms with van der Waals surface area (Å²) in [5.41, 5.74) is 7.96. The van der Waals surface area contributed by atoms with E-state index in [4.69, 9.17) is 10.5 Å². The van der Waals surface area contributed by atoms with Gasteiger partial charge in [0.1, 0.15) is 5.75 Å². The number of ether oxygens (including phenoxy) is 1. The minimum absolute atomic E-state index is 0.0869. The Balaban J connectivity index is 1.98. The third-order valence-electron chi connectivity index (χ3n) is 2.74. The molecular formula is C15H15BrN2O2. The lowest BCUT2D eigenvalue weighted by Gasteiger charge is -2.12. The maximum atomic E-state index is 11.9. The van der Waals surface area contributed by atoms with Crippen LogP contribution in [0.2, 0.25) is 0 Å². The van der Waals surface area contributed by atoms with Gasteiger partial charge in [-0.1, -0.05) is 24.3 Å². The highest BCUT2D eigenvalue weighted by atomic mass is 79.9. The van der Waals surface area contributed by atoms with Crippen LogP contribution in [0.4, 0.5) is 11.4 Å². The topological polar surface area (TPSA) is 64.3 Å². The number of hydrogen-bond donors (Lipinski definition) is 2. The molecule has 0 spiro atoms. The number of nitrogens with two attached hydrogens (primary N) is 1. The second-order valence-electron chi connectivity index (χ2n) is 4.31. The molecule has 0 aromatic heterocycles. The highest BCUT2D eigenvalue weighted by Crippen LogP contribution is 2.25. The van der Waals surface area contributed by atoms with Gasteiger partial charge in [-0.2, -0.15) is 0 Å². The summed E-state index contributed by atoms with van der Waals surface area (Å²) in [6.45, 7) is 1.80. The van der Waals surface area contributed by atoms with Crippen molar-refractivity contribution in [1.82, 2.24) is 0 Å². The quantitative estimate of drug-likeness (QED) is 0.842. The average Bonchev–Trinajstić information content (AvgIpc) is 2.41. The highest BCUT2D eigenvalue weighted by molar-refractivity contribution is 9.10. The minimum atomic E-state index is -0.237. The molecule has 0 atom stereocenters. The Kier molecular flexibility index (Phi) is 4.63. The van der Waals surface area contributed by atoms with Crippen LogP contribution in [0.5, 0.6) is 5.75 Å². The highest BCUT2D eigenvalue weighted by Gasteiger charge is 2.09. The summed E-state index contributed by atoms with van der Waals surface area (Å²) >= 11 is 3.37. The van der Waals surface area contributed by atoms with Crippen molar-refractivity contribution in [2.24, 2.45) is 0 Å². The zero-order valence-corrected chi connectivity index (χ0v) is 12.6. The lowest BCUT2D eigenvalue weighted by Crippen LogP contribution is -2.21. The standard InChI is InChI=1S/C15H15BrN2O2/c1-10-5-4-7-12(17)15(10)20-9-14(19)18-13-8-3-2-6-11(13)16/h2-8H,9,17H2,1H3,(H,18,19). The van der Waals surface area contributed by atoms with E-state index >= 15 is 0 Å². The van der Waals surface area contributed by atoms with E-state index in [0.717, 1.165) is 10.0 Å². The summed E-state index contributed by atoms with van der Waals surface area (Å²) in [5.74, 6) is 0.314. The number of benzene rings is 2. The van der Waals surface area contributed by atoms with Gasteiger partial charge in [-0.15, -0.1) is 0 Å². The van der Waals surface area contributed by atoms with E-state index in [-0.39, 0.29) is 12.5 Å². The first-order valence-corrected chi connectivity index (χ1v) is 6.89. The van der Waals surface area contributed by atoms with Crippen LogP contribution in [0, 0.1) is 6.92 Å². The summed E-state index contributed by atoms with van der Waals surface area (Å²) in [5, 5.41) is 2.77. The number of nitrogen functional groups attached to an aromatic ring is 1. The second kappa shape index (κ2) is 6.43. The van der Waals surface area contributed by atoms with Crippen LogP contribution in [-0.2, 0) is 4.79 Å². The Morgan fingerprint density at radius 1 is 1.25 bits per heavy atom. The number of aryl methyl sites for hydroxylation is 1.